The smallest absolute Gasteiger partial charge is 0.308 e. The second-order valence-corrected chi connectivity index (χ2v) is 7.66. The van der Waals surface area contributed by atoms with E-state index in [9.17, 15) is 14.7 Å². The fraction of sp³-hybridized carbons (Fsp3) is 0.750. The van der Waals surface area contributed by atoms with Crippen molar-refractivity contribution in [3.63, 3.8) is 0 Å². The highest BCUT2D eigenvalue weighted by Crippen LogP contribution is 2.45. The maximum Gasteiger partial charge on any atom is 0.308 e. The van der Waals surface area contributed by atoms with Crippen molar-refractivity contribution in [1.29, 1.82) is 0 Å². The molecule has 2 aliphatic heterocycles. The van der Waals surface area contributed by atoms with Crippen molar-refractivity contribution in [2.75, 3.05) is 45.9 Å². The maximum atomic E-state index is 12.4. The van der Waals surface area contributed by atoms with Crippen LogP contribution in [-0.4, -0.2) is 84.3 Å². The molecule has 2 N–H and O–H groups in total. The number of ether oxygens (including phenoxy) is 1. The highest BCUT2D eigenvalue weighted by atomic mass is 16.5. The molecule has 160 valence electrons. The molecule has 0 radical (unpaired) electrons. The van der Waals surface area contributed by atoms with E-state index in [1.165, 1.54) is 5.57 Å². The summed E-state index contributed by atoms with van der Waals surface area (Å²) in [5, 5.41) is 16.6. The summed E-state index contributed by atoms with van der Waals surface area (Å²) in [6.45, 7) is 10.5. The van der Waals surface area contributed by atoms with E-state index in [0.29, 0.717) is 32.7 Å². The van der Waals surface area contributed by atoms with E-state index in [1.807, 2.05) is 6.92 Å². The van der Waals surface area contributed by atoms with Gasteiger partial charge in [-0.2, -0.15) is 0 Å². The van der Waals surface area contributed by atoms with E-state index >= 15 is 0 Å². The fourth-order valence-corrected chi connectivity index (χ4v) is 3.96. The number of hydrogen-bond acceptors (Lipinski definition) is 5. The Morgan fingerprint density at radius 1 is 1.25 bits per heavy atom. The summed E-state index contributed by atoms with van der Waals surface area (Å²) in [5.41, 5.74) is 1.03. The minimum Gasteiger partial charge on any atom is -0.483 e. The Morgan fingerprint density at radius 2 is 1.86 bits per heavy atom. The van der Waals surface area contributed by atoms with Crippen LogP contribution in [0.2, 0.25) is 0 Å². The Kier molecular flexibility index (Phi) is 10.2. The first-order valence-corrected chi connectivity index (χ1v) is 9.81. The number of amides is 1. The van der Waals surface area contributed by atoms with Crippen molar-refractivity contribution >= 4 is 18.3 Å². The van der Waals surface area contributed by atoms with Gasteiger partial charge in [-0.15, -0.1) is 0 Å². The number of allylic oxidation sites excluding steroid dienone is 1. The summed E-state index contributed by atoms with van der Waals surface area (Å²) in [6.07, 6.45) is 4.24. The van der Waals surface area contributed by atoms with Crippen LogP contribution in [0.15, 0.2) is 11.6 Å². The van der Waals surface area contributed by atoms with Crippen molar-refractivity contribution in [1.82, 2.24) is 9.80 Å². The summed E-state index contributed by atoms with van der Waals surface area (Å²) in [4.78, 5) is 36.7. The van der Waals surface area contributed by atoms with Crippen molar-refractivity contribution in [2.24, 2.45) is 11.3 Å². The van der Waals surface area contributed by atoms with Gasteiger partial charge in [0.1, 0.15) is 0 Å². The van der Waals surface area contributed by atoms with Crippen LogP contribution in [0.5, 0.6) is 0 Å². The van der Waals surface area contributed by atoms with Crippen LogP contribution in [0, 0.1) is 11.3 Å². The summed E-state index contributed by atoms with van der Waals surface area (Å²) in [6, 6.07) is 0. The van der Waals surface area contributed by atoms with Gasteiger partial charge in [-0.25, -0.2) is 0 Å². The molecule has 0 aromatic carbocycles. The van der Waals surface area contributed by atoms with Crippen molar-refractivity contribution < 1.29 is 29.3 Å². The first-order chi connectivity index (χ1) is 13.3. The first-order valence-electron chi connectivity index (χ1n) is 9.81. The molecule has 2 fully saturated rings. The third kappa shape index (κ3) is 6.91. The molecule has 2 aliphatic rings. The molecule has 1 amide bonds. The molecule has 0 aromatic rings. The number of carbonyl (C=O) groups is 3. The minimum absolute atomic E-state index is 0.0172. The molecule has 2 rings (SSSR count). The average molecular weight is 399 g/mol. The quantitative estimate of drug-likeness (QED) is 0.382. The molecule has 28 heavy (non-hydrogen) atoms. The summed E-state index contributed by atoms with van der Waals surface area (Å²) in [7, 11) is 0. The zero-order valence-electron chi connectivity index (χ0n) is 17.2. The van der Waals surface area contributed by atoms with Crippen LogP contribution in [-0.2, 0) is 19.1 Å². The van der Waals surface area contributed by atoms with Crippen molar-refractivity contribution in [3.05, 3.63) is 11.6 Å². The molecule has 2 saturated heterocycles. The van der Waals surface area contributed by atoms with Crippen LogP contribution >= 0.6 is 0 Å². The molecule has 2 heterocycles. The number of carboxylic acids is 1. The number of aliphatic carboxylic acids is 1. The number of carbonyl (C=O) groups excluding carboxylic acids is 1. The van der Waals surface area contributed by atoms with Gasteiger partial charge in [0.25, 0.3) is 6.47 Å². The molecule has 8 nitrogen and oxygen atoms in total. The average Bonchev–Trinajstić information content (AvgIpc) is 3.01. The van der Waals surface area contributed by atoms with Crippen molar-refractivity contribution in [3.8, 4) is 0 Å². The lowest BCUT2D eigenvalue weighted by atomic mass is 9.71. The van der Waals surface area contributed by atoms with Crippen molar-refractivity contribution in [2.45, 2.75) is 40.0 Å². The molecular weight excluding hydrogens is 364 g/mol. The Hall–Kier alpha value is -1.93. The van der Waals surface area contributed by atoms with Crippen LogP contribution < -0.4 is 0 Å². The predicted octanol–water partition coefficient (Wildman–Crippen LogP) is 1.71. The molecule has 0 aliphatic carbocycles. The third-order valence-corrected chi connectivity index (χ3v) is 5.57. The van der Waals surface area contributed by atoms with E-state index in [0.717, 1.165) is 32.5 Å². The van der Waals surface area contributed by atoms with E-state index in [-0.39, 0.29) is 17.8 Å². The second-order valence-electron chi connectivity index (χ2n) is 7.66. The van der Waals surface area contributed by atoms with Gasteiger partial charge in [-0.1, -0.05) is 11.6 Å². The molecular formula is C20H34N2O6. The van der Waals surface area contributed by atoms with Gasteiger partial charge in [0, 0.05) is 31.7 Å². The molecule has 8 heteroatoms. The SMILES string of the molecule is CCOCCC(=O)N1CC(C(=O)O)C2(CCN(CC=C(C)C)CC2)C1.O=CO. The fourth-order valence-electron chi connectivity index (χ4n) is 3.96. The van der Waals surface area contributed by atoms with Gasteiger partial charge < -0.3 is 19.8 Å². The topological polar surface area (TPSA) is 107 Å². The number of likely N-dealkylation sites (tertiary alicyclic amines) is 2. The minimum atomic E-state index is -0.766. The lowest BCUT2D eigenvalue weighted by Crippen LogP contribution is -2.46. The van der Waals surface area contributed by atoms with Gasteiger partial charge in [0.05, 0.1) is 18.9 Å². The Balaban J connectivity index is 0.00000122. The van der Waals surface area contributed by atoms with Gasteiger partial charge in [-0.05, 0) is 46.7 Å². The second kappa shape index (κ2) is 11.8. The summed E-state index contributed by atoms with van der Waals surface area (Å²) < 4.78 is 5.26. The van der Waals surface area contributed by atoms with E-state index in [4.69, 9.17) is 14.6 Å². The third-order valence-electron chi connectivity index (χ3n) is 5.57. The van der Waals surface area contributed by atoms with Crippen LogP contribution in [0.3, 0.4) is 0 Å². The molecule has 0 aromatic heterocycles. The van der Waals surface area contributed by atoms with Gasteiger partial charge in [0.2, 0.25) is 5.91 Å². The first kappa shape index (κ1) is 24.1. The summed E-state index contributed by atoms with van der Waals surface area (Å²) in [5.74, 6) is -1.20. The largest absolute Gasteiger partial charge is 0.483 e. The van der Waals surface area contributed by atoms with Gasteiger partial charge in [-0.3, -0.25) is 19.3 Å². The standard InChI is InChI=1S/C19H32N2O4.CH2O2/c1-4-25-12-6-17(22)21-13-16(18(23)24)19(14-21)7-10-20(11-8-19)9-5-15(2)3;2-1-3/h5,16H,4,6-14H2,1-3H3,(H,23,24);1H,(H,2,3). The zero-order valence-corrected chi connectivity index (χ0v) is 17.2. The Bertz CT molecular complexity index is 551. The number of piperidine rings is 1. The lowest BCUT2D eigenvalue weighted by molar-refractivity contribution is -0.145. The molecule has 1 unspecified atom stereocenters. The van der Waals surface area contributed by atoms with E-state index < -0.39 is 11.9 Å². The predicted molar refractivity (Wildman–Crippen MR) is 105 cm³/mol. The van der Waals surface area contributed by atoms with E-state index in [2.05, 4.69) is 24.8 Å². The summed E-state index contributed by atoms with van der Waals surface area (Å²) >= 11 is 0. The van der Waals surface area contributed by atoms with Gasteiger partial charge in [0.15, 0.2) is 0 Å². The van der Waals surface area contributed by atoms with Crippen LogP contribution in [0.25, 0.3) is 0 Å². The lowest BCUT2D eigenvalue weighted by Gasteiger charge is -2.41. The molecule has 1 atom stereocenters. The highest BCUT2D eigenvalue weighted by molar-refractivity contribution is 5.79. The molecule has 1 spiro atoms. The number of hydrogen-bond donors (Lipinski definition) is 2. The number of nitrogens with zero attached hydrogens (tertiary/aromatic N) is 2. The highest BCUT2D eigenvalue weighted by Gasteiger charge is 2.52. The number of rotatable bonds is 7. The Labute approximate surface area is 167 Å². The Morgan fingerprint density at radius 3 is 2.36 bits per heavy atom. The molecule has 0 bridgehead atoms. The monoisotopic (exact) mass is 398 g/mol. The van der Waals surface area contributed by atoms with Gasteiger partial charge >= 0.3 is 5.97 Å². The maximum absolute atomic E-state index is 12.4. The van der Waals surface area contributed by atoms with E-state index in [1.54, 1.807) is 4.90 Å². The zero-order chi connectivity index (χ0) is 21.2. The normalized spacial score (nSPS) is 21.0. The van der Waals surface area contributed by atoms with Crippen LogP contribution in [0.1, 0.15) is 40.0 Å². The number of carboxylic acid groups (broad SMARTS) is 2. The molecule has 0 saturated carbocycles. The van der Waals surface area contributed by atoms with Crippen LogP contribution in [0.4, 0.5) is 0 Å².